The monoisotopic (exact) mass is 370 g/mol. The van der Waals surface area contributed by atoms with Crippen LogP contribution in [0.4, 0.5) is 0 Å². The van der Waals surface area contributed by atoms with Crippen LogP contribution in [0.25, 0.3) is 10.8 Å². The van der Waals surface area contributed by atoms with Crippen LogP contribution in [0.5, 0.6) is 0 Å². The molecule has 5 heteroatoms. The van der Waals surface area contributed by atoms with Crippen molar-refractivity contribution in [1.29, 1.82) is 0 Å². The highest BCUT2D eigenvalue weighted by Crippen LogP contribution is 2.16. The number of nitrogens with zero attached hydrogens (tertiary/aromatic N) is 2. The van der Waals surface area contributed by atoms with E-state index in [1.807, 2.05) is 24.4 Å². The van der Waals surface area contributed by atoms with Crippen LogP contribution in [0.15, 0.2) is 41.5 Å². The number of halogens is 1. The van der Waals surface area contributed by atoms with E-state index < -0.39 is 0 Å². The fourth-order valence-corrected chi connectivity index (χ4v) is 1.78. The van der Waals surface area contributed by atoms with Gasteiger partial charge >= 0.3 is 0 Å². The van der Waals surface area contributed by atoms with Gasteiger partial charge in [-0.2, -0.15) is 0 Å². The summed E-state index contributed by atoms with van der Waals surface area (Å²) in [4.78, 5) is 8.67. The molecule has 0 saturated carbocycles. The second-order valence-electron chi connectivity index (χ2n) is 4.11. The third-order valence-corrected chi connectivity index (χ3v) is 2.71. The smallest absolute Gasteiger partial charge is 0.188 e. The first-order chi connectivity index (χ1) is 8.81. The number of hydrogen-bond acceptors (Lipinski definition) is 2. The van der Waals surface area contributed by atoms with E-state index >= 15 is 0 Å². The Hall–Kier alpha value is -1.37. The molecule has 1 aromatic heterocycles. The van der Waals surface area contributed by atoms with E-state index in [4.69, 9.17) is 5.73 Å². The molecule has 0 bridgehead atoms. The molecule has 0 fully saturated rings. The Morgan fingerprint density at radius 2 is 2.11 bits per heavy atom. The highest BCUT2D eigenvalue weighted by atomic mass is 127. The van der Waals surface area contributed by atoms with E-state index in [0.717, 1.165) is 24.0 Å². The van der Waals surface area contributed by atoms with Crippen LogP contribution in [0.2, 0.25) is 0 Å². The van der Waals surface area contributed by atoms with Gasteiger partial charge in [0.2, 0.25) is 0 Å². The van der Waals surface area contributed by atoms with Gasteiger partial charge in [0, 0.05) is 18.1 Å². The Balaban J connectivity index is 0.00000180. The first kappa shape index (κ1) is 15.7. The number of aromatic nitrogens is 1. The molecule has 0 aliphatic carbocycles. The van der Waals surface area contributed by atoms with Gasteiger partial charge in [0.15, 0.2) is 5.96 Å². The lowest BCUT2D eigenvalue weighted by Gasteiger charge is -2.05. The van der Waals surface area contributed by atoms with E-state index in [1.54, 1.807) is 0 Å². The molecular weight excluding hydrogens is 351 g/mol. The van der Waals surface area contributed by atoms with Gasteiger partial charge in [-0.3, -0.25) is 4.98 Å². The third-order valence-electron chi connectivity index (χ3n) is 2.71. The molecule has 0 amide bonds. The molecule has 4 nitrogen and oxygen atoms in total. The second kappa shape index (κ2) is 7.93. The molecule has 2 rings (SSSR count). The van der Waals surface area contributed by atoms with Gasteiger partial charge in [0.05, 0.1) is 12.2 Å². The number of pyridine rings is 1. The molecule has 1 heterocycles. The van der Waals surface area contributed by atoms with Crippen molar-refractivity contribution in [1.82, 2.24) is 10.3 Å². The number of nitrogens with two attached hydrogens (primary N) is 1. The molecule has 1 aromatic carbocycles. The zero-order valence-electron chi connectivity index (χ0n) is 11.0. The molecule has 102 valence electrons. The van der Waals surface area contributed by atoms with Crippen LogP contribution in [0.3, 0.4) is 0 Å². The lowest BCUT2D eigenvalue weighted by atomic mass is 10.1. The van der Waals surface area contributed by atoms with E-state index in [1.165, 1.54) is 5.39 Å². The van der Waals surface area contributed by atoms with Crippen LogP contribution in [-0.4, -0.2) is 17.5 Å². The summed E-state index contributed by atoms with van der Waals surface area (Å²) in [5.74, 6) is 0.478. The molecule has 0 unspecified atom stereocenters. The first-order valence-electron chi connectivity index (χ1n) is 6.17. The van der Waals surface area contributed by atoms with Crippen molar-refractivity contribution in [3.63, 3.8) is 0 Å². The summed E-state index contributed by atoms with van der Waals surface area (Å²) >= 11 is 0. The summed E-state index contributed by atoms with van der Waals surface area (Å²) in [6.45, 7) is 3.44. The maximum absolute atomic E-state index is 5.76. The van der Waals surface area contributed by atoms with Crippen LogP contribution in [0, 0.1) is 0 Å². The Bertz CT molecular complexity index is 549. The van der Waals surface area contributed by atoms with Crippen LogP contribution >= 0.6 is 24.0 Å². The molecule has 3 N–H and O–H groups in total. The molecule has 2 aromatic rings. The third kappa shape index (κ3) is 4.34. The number of fused-ring (bicyclic) bond motifs is 1. The minimum absolute atomic E-state index is 0. The Kier molecular flexibility index (Phi) is 6.55. The number of nitrogens with one attached hydrogen (secondary N) is 1. The molecule has 0 aliphatic heterocycles. The molecule has 0 aliphatic rings. The van der Waals surface area contributed by atoms with E-state index in [2.05, 4.69) is 34.3 Å². The summed E-state index contributed by atoms with van der Waals surface area (Å²) in [5, 5.41) is 5.36. The molecular formula is C14H19IN4. The van der Waals surface area contributed by atoms with Crippen molar-refractivity contribution in [3.8, 4) is 0 Å². The fraction of sp³-hybridized carbons (Fsp3) is 0.286. The lowest BCUT2D eigenvalue weighted by molar-refractivity contribution is 0.824. The van der Waals surface area contributed by atoms with E-state index in [-0.39, 0.29) is 24.0 Å². The highest BCUT2D eigenvalue weighted by Gasteiger charge is 2.00. The fourth-order valence-electron chi connectivity index (χ4n) is 1.78. The standard InChI is InChI=1S/C14H18N4.HI/c1-2-8-17-14(15)18-10-13-12-6-4-3-5-11(12)7-9-16-13;/h3-7,9H,2,8,10H2,1H3,(H3,15,17,18);1H. The number of hydrogen-bond donors (Lipinski definition) is 2. The minimum Gasteiger partial charge on any atom is -0.370 e. The van der Waals surface area contributed by atoms with Crippen molar-refractivity contribution in [2.45, 2.75) is 19.9 Å². The predicted molar refractivity (Wildman–Crippen MR) is 90.8 cm³/mol. The number of benzene rings is 1. The van der Waals surface area contributed by atoms with Crippen molar-refractivity contribution in [3.05, 3.63) is 42.2 Å². The Morgan fingerprint density at radius 3 is 2.89 bits per heavy atom. The maximum Gasteiger partial charge on any atom is 0.188 e. The predicted octanol–water partition coefficient (Wildman–Crippen LogP) is 2.67. The SMILES string of the molecule is CCCNC(N)=NCc1nccc2ccccc12.I. The van der Waals surface area contributed by atoms with Crippen molar-refractivity contribution >= 4 is 40.7 Å². The molecule has 19 heavy (non-hydrogen) atoms. The van der Waals surface area contributed by atoms with Gasteiger partial charge in [-0.15, -0.1) is 24.0 Å². The van der Waals surface area contributed by atoms with Gasteiger partial charge in [-0.1, -0.05) is 31.2 Å². The topological polar surface area (TPSA) is 63.3 Å². The number of rotatable bonds is 4. The first-order valence-corrected chi connectivity index (χ1v) is 6.17. The van der Waals surface area contributed by atoms with Gasteiger partial charge in [0.25, 0.3) is 0 Å². The number of guanidine groups is 1. The second-order valence-corrected chi connectivity index (χ2v) is 4.11. The van der Waals surface area contributed by atoms with Crippen LogP contribution in [-0.2, 0) is 6.54 Å². The average Bonchev–Trinajstić information content (AvgIpc) is 2.42. The van der Waals surface area contributed by atoms with E-state index in [0.29, 0.717) is 12.5 Å². The summed E-state index contributed by atoms with van der Waals surface area (Å²) in [5.41, 5.74) is 6.72. The molecule has 0 spiro atoms. The zero-order chi connectivity index (χ0) is 12.8. The quantitative estimate of drug-likeness (QED) is 0.494. The highest BCUT2D eigenvalue weighted by molar-refractivity contribution is 14.0. The van der Waals surface area contributed by atoms with Gasteiger partial charge in [0.1, 0.15) is 0 Å². The largest absolute Gasteiger partial charge is 0.370 e. The Labute approximate surface area is 130 Å². The lowest BCUT2D eigenvalue weighted by Crippen LogP contribution is -2.32. The minimum atomic E-state index is 0. The van der Waals surface area contributed by atoms with Crippen molar-refractivity contribution in [2.75, 3.05) is 6.54 Å². The van der Waals surface area contributed by atoms with Crippen LogP contribution < -0.4 is 11.1 Å². The summed E-state index contributed by atoms with van der Waals surface area (Å²) in [7, 11) is 0. The Morgan fingerprint density at radius 1 is 1.32 bits per heavy atom. The molecule has 0 atom stereocenters. The molecule has 0 radical (unpaired) electrons. The van der Waals surface area contributed by atoms with Crippen LogP contribution in [0.1, 0.15) is 19.0 Å². The van der Waals surface area contributed by atoms with Gasteiger partial charge < -0.3 is 11.1 Å². The maximum atomic E-state index is 5.76. The van der Waals surface area contributed by atoms with Crippen molar-refractivity contribution < 1.29 is 0 Å². The summed E-state index contributed by atoms with van der Waals surface area (Å²) in [6, 6.07) is 10.2. The number of aliphatic imine (C=N–C) groups is 1. The molecule has 0 saturated heterocycles. The normalized spacial score (nSPS) is 11.1. The zero-order valence-corrected chi connectivity index (χ0v) is 13.3. The van der Waals surface area contributed by atoms with Gasteiger partial charge in [-0.25, -0.2) is 4.99 Å². The summed E-state index contributed by atoms with van der Waals surface area (Å²) in [6.07, 6.45) is 2.84. The van der Waals surface area contributed by atoms with Crippen molar-refractivity contribution in [2.24, 2.45) is 10.7 Å². The average molecular weight is 370 g/mol. The van der Waals surface area contributed by atoms with Gasteiger partial charge in [-0.05, 0) is 17.9 Å². The van der Waals surface area contributed by atoms with E-state index in [9.17, 15) is 0 Å². The summed E-state index contributed by atoms with van der Waals surface area (Å²) < 4.78 is 0.